The SMILES string of the molecule is CCOc1cc(Br)c(CC(=O)OCC(=O)Nc2cc(C)ccc2OC)cc1OCC. The number of carbonyl (C=O) groups excluding carboxylic acids is 2. The second kappa shape index (κ2) is 11.4. The smallest absolute Gasteiger partial charge is 0.310 e. The molecule has 0 saturated carbocycles. The zero-order valence-electron chi connectivity index (χ0n) is 17.5. The lowest BCUT2D eigenvalue weighted by atomic mass is 10.1. The third kappa shape index (κ3) is 6.66. The lowest BCUT2D eigenvalue weighted by Gasteiger charge is -2.14. The van der Waals surface area contributed by atoms with Gasteiger partial charge in [-0.2, -0.15) is 0 Å². The first-order valence-electron chi connectivity index (χ1n) is 9.56. The number of nitrogens with one attached hydrogen (secondary N) is 1. The van der Waals surface area contributed by atoms with Crippen LogP contribution in [0.5, 0.6) is 17.2 Å². The number of methoxy groups -OCH3 is 1. The lowest BCUT2D eigenvalue weighted by Crippen LogP contribution is -2.22. The molecule has 2 aromatic carbocycles. The van der Waals surface area contributed by atoms with Gasteiger partial charge in [0.15, 0.2) is 18.1 Å². The number of anilines is 1. The van der Waals surface area contributed by atoms with Crippen LogP contribution in [-0.2, 0) is 20.7 Å². The highest BCUT2D eigenvalue weighted by Crippen LogP contribution is 2.34. The average Bonchev–Trinajstić information content (AvgIpc) is 2.70. The van der Waals surface area contributed by atoms with E-state index in [1.807, 2.05) is 26.8 Å². The van der Waals surface area contributed by atoms with Crippen molar-refractivity contribution < 1.29 is 28.5 Å². The Balaban J connectivity index is 1.98. The van der Waals surface area contributed by atoms with Crippen molar-refractivity contribution in [3.63, 3.8) is 0 Å². The molecule has 0 spiro atoms. The molecular formula is C22H26BrNO6. The largest absolute Gasteiger partial charge is 0.495 e. The molecule has 7 nitrogen and oxygen atoms in total. The van der Waals surface area contributed by atoms with Gasteiger partial charge in [-0.3, -0.25) is 9.59 Å². The van der Waals surface area contributed by atoms with E-state index in [-0.39, 0.29) is 6.42 Å². The highest BCUT2D eigenvalue weighted by atomic mass is 79.9. The van der Waals surface area contributed by atoms with Crippen molar-refractivity contribution in [2.24, 2.45) is 0 Å². The molecule has 0 aromatic heterocycles. The first-order chi connectivity index (χ1) is 14.4. The second-order valence-electron chi connectivity index (χ2n) is 6.35. The van der Waals surface area contributed by atoms with Gasteiger partial charge >= 0.3 is 5.97 Å². The summed E-state index contributed by atoms with van der Waals surface area (Å²) in [5, 5.41) is 2.69. The second-order valence-corrected chi connectivity index (χ2v) is 7.20. The molecule has 8 heteroatoms. The van der Waals surface area contributed by atoms with Crippen molar-refractivity contribution in [2.75, 3.05) is 32.2 Å². The number of rotatable bonds is 10. The average molecular weight is 480 g/mol. The molecule has 0 aliphatic rings. The maximum atomic E-state index is 12.3. The summed E-state index contributed by atoms with van der Waals surface area (Å²) >= 11 is 3.44. The highest BCUT2D eigenvalue weighted by molar-refractivity contribution is 9.10. The highest BCUT2D eigenvalue weighted by Gasteiger charge is 2.16. The van der Waals surface area contributed by atoms with Crippen LogP contribution in [0.15, 0.2) is 34.8 Å². The van der Waals surface area contributed by atoms with E-state index in [0.717, 1.165) is 5.56 Å². The van der Waals surface area contributed by atoms with Gasteiger partial charge in [-0.05, 0) is 56.2 Å². The predicted molar refractivity (Wildman–Crippen MR) is 118 cm³/mol. The summed E-state index contributed by atoms with van der Waals surface area (Å²) in [6, 6.07) is 8.91. The number of ether oxygens (including phenoxy) is 4. The van der Waals surface area contributed by atoms with Gasteiger partial charge in [-0.15, -0.1) is 0 Å². The van der Waals surface area contributed by atoms with Crippen LogP contribution >= 0.6 is 15.9 Å². The van der Waals surface area contributed by atoms with Crippen LogP contribution in [0.1, 0.15) is 25.0 Å². The molecular weight excluding hydrogens is 454 g/mol. The van der Waals surface area contributed by atoms with E-state index in [4.69, 9.17) is 18.9 Å². The summed E-state index contributed by atoms with van der Waals surface area (Å²) < 4.78 is 22.2. The minimum atomic E-state index is -0.534. The number of halogens is 1. The van der Waals surface area contributed by atoms with E-state index in [1.54, 1.807) is 24.3 Å². The van der Waals surface area contributed by atoms with Gasteiger partial charge < -0.3 is 24.3 Å². The first-order valence-corrected chi connectivity index (χ1v) is 10.3. The molecule has 0 unspecified atom stereocenters. The lowest BCUT2D eigenvalue weighted by molar-refractivity contribution is -0.146. The molecule has 0 radical (unpaired) electrons. The van der Waals surface area contributed by atoms with Gasteiger partial charge in [0.1, 0.15) is 5.75 Å². The van der Waals surface area contributed by atoms with Gasteiger partial charge in [0.2, 0.25) is 0 Å². The Hall–Kier alpha value is -2.74. The Bertz CT molecular complexity index is 899. The third-order valence-electron chi connectivity index (χ3n) is 4.04. The monoisotopic (exact) mass is 479 g/mol. The third-order valence-corrected chi connectivity index (χ3v) is 4.78. The molecule has 0 heterocycles. The molecule has 30 heavy (non-hydrogen) atoms. The maximum Gasteiger partial charge on any atom is 0.310 e. The van der Waals surface area contributed by atoms with Crippen LogP contribution in [0, 0.1) is 6.92 Å². The fourth-order valence-corrected chi connectivity index (χ4v) is 3.17. The predicted octanol–water partition coefficient (Wildman–Crippen LogP) is 4.29. The number of hydrogen-bond donors (Lipinski definition) is 1. The Labute approximate surface area is 184 Å². The Kier molecular flexibility index (Phi) is 8.98. The quantitative estimate of drug-likeness (QED) is 0.511. The normalized spacial score (nSPS) is 10.3. The molecule has 2 aromatic rings. The Morgan fingerprint density at radius 2 is 1.67 bits per heavy atom. The van der Waals surface area contributed by atoms with Gasteiger partial charge in [0.25, 0.3) is 5.91 Å². The van der Waals surface area contributed by atoms with E-state index in [9.17, 15) is 9.59 Å². The van der Waals surface area contributed by atoms with Gasteiger partial charge in [-0.1, -0.05) is 22.0 Å². The molecule has 0 saturated heterocycles. The molecule has 1 N–H and O–H groups in total. The number of amides is 1. The number of hydrogen-bond acceptors (Lipinski definition) is 6. The van der Waals surface area contributed by atoms with Crippen LogP contribution < -0.4 is 19.5 Å². The fraction of sp³-hybridized carbons (Fsp3) is 0.364. The molecule has 0 bridgehead atoms. The van der Waals surface area contributed by atoms with E-state index in [0.29, 0.717) is 46.2 Å². The maximum absolute atomic E-state index is 12.3. The van der Waals surface area contributed by atoms with Crippen molar-refractivity contribution in [3.05, 3.63) is 45.9 Å². The molecule has 0 fully saturated rings. The molecule has 0 aliphatic carbocycles. The van der Waals surface area contributed by atoms with E-state index in [2.05, 4.69) is 21.2 Å². The zero-order chi connectivity index (χ0) is 22.1. The molecule has 2 rings (SSSR count). The summed E-state index contributed by atoms with van der Waals surface area (Å²) in [4.78, 5) is 24.4. The summed E-state index contributed by atoms with van der Waals surface area (Å²) in [6.07, 6.45) is -0.0197. The zero-order valence-corrected chi connectivity index (χ0v) is 19.1. The van der Waals surface area contributed by atoms with Gasteiger partial charge in [-0.25, -0.2) is 0 Å². The van der Waals surface area contributed by atoms with E-state index < -0.39 is 18.5 Å². The molecule has 0 atom stereocenters. The van der Waals surface area contributed by atoms with Crippen molar-refractivity contribution in [3.8, 4) is 17.2 Å². The minimum Gasteiger partial charge on any atom is -0.495 e. The van der Waals surface area contributed by atoms with Crippen molar-refractivity contribution in [1.82, 2.24) is 0 Å². The molecule has 162 valence electrons. The standard InChI is InChI=1S/C22H26BrNO6/c1-5-28-19-10-15(16(23)12-20(19)29-6-2)11-22(26)30-13-21(25)24-17-9-14(3)7-8-18(17)27-4/h7-10,12H,5-6,11,13H2,1-4H3,(H,24,25). The van der Waals surface area contributed by atoms with Gasteiger partial charge in [0, 0.05) is 4.47 Å². The van der Waals surface area contributed by atoms with Crippen LogP contribution in [0.4, 0.5) is 5.69 Å². The van der Waals surface area contributed by atoms with Crippen molar-refractivity contribution in [2.45, 2.75) is 27.2 Å². The van der Waals surface area contributed by atoms with Gasteiger partial charge in [0.05, 0.1) is 32.4 Å². The molecule has 0 aliphatic heterocycles. The van der Waals surface area contributed by atoms with Crippen LogP contribution in [0.2, 0.25) is 0 Å². The fourth-order valence-electron chi connectivity index (χ4n) is 2.71. The Morgan fingerprint density at radius 3 is 2.30 bits per heavy atom. The first kappa shape index (κ1) is 23.5. The van der Waals surface area contributed by atoms with E-state index in [1.165, 1.54) is 7.11 Å². The number of aryl methyl sites for hydroxylation is 1. The molecule has 1 amide bonds. The summed E-state index contributed by atoms with van der Waals surface area (Å²) in [5.74, 6) is 0.688. The van der Waals surface area contributed by atoms with Crippen LogP contribution in [0.3, 0.4) is 0 Å². The van der Waals surface area contributed by atoms with E-state index >= 15 is 0 Å². The van der Waals surface area contributed by atoms with Crippen LogP contribution in [-0.4, -0.2) is 38.8 Å². The minimum absolute atomic E-state index is 0.0197. The summed E-state index contributed by atoms with van der Waals surface area (Å²) in [7, 11) is 1.52. The number of carbonyl (C=O) groups is 2. The number of esters is 1. The topological polar surface area (TPSA) is 83.1 Å². The van der Waals surface area contributed by atoms with Crippen molar-refractivity contribution >= 4 is 33.5 Å². The Morgan fingerprint density at radius 1 is 1.00 bits per heavy atom. The van der Waals surface area contributed by atoms with Crippen LogP contribution in [0.25, 0.3) is 0 Å². The van der Waals surface area contributed by atoms with Crippen molar-refractivity contribution in [1.29, 1.82) is 0 Å². The summed E-state index contributed by atoms with van der Waals surface area (Å²) in [6.45, 7) is 6.21. The summed E-state index contributed by atoms with van der Waals surface area (Å²) in [5.41, 5.74) is 2.16. The number of benzene rings is 2.